The van der Waals surface area contributed by atoms with Crippen molar-refractivity contribution < 1.29 is 9.72 Å². The van der Waals surface area contributed by atoms with Crippen LogP contribution in [-0.2, 0) is 0 Å². The highest BCUT2D eigenvalue weighted by molar-refractivity contribution is 5.94. The minimum atomic E-state index is -0.475. The van der Waals surface area contributed by atoms with Gasteiger partial charge in [0, 0.05) is 30.8 Å². The van der Waals surface area contributed by atoms with Crippen LogP contribution < -0.4 is 5.32 Å². The van der Waals surface area contributed by atoms with E-state index in [2.05, 4.69) is 5.32 Å². The van der Waals surface area contributed by atoms with Crippen LogP contribution in [0.2, 0.25) is 0 Å². The van der Waals surface area contributed by atoms with Gasteiger partial charge in [0.1, 0.15) is 0 Å². The van der Waals surface area contributed by atoms with Gasteiger partial charge in [-0.25, -0.2) is 0 Å². The van der Waals surface area contributed by atoms with Gasteiger partial charge in [-0.1, -0.05) is 6.07 Å². The first-order valence-electron chi connectivity index (χ1n) is 6.80. The van der Waals surface area contributed by atoms with Gasteiger partial charge in [0.25, 0.3) is 11.6 Å². The van der Waals surface area contributed by atoms with Gasteiger partial charge in [0.2, 0.25) is 0 Å². The molecule has 6 nitrogen and oxygen atoms in total. The molecular weight excluding hydrogens is 258 g/mol. The molecule has 0 spiro atoms. The van der Waals surface area contributed by atoms with E-state index in [0.717, 1.165) is 25.9 Å². The first-order valence-corrected chi connectivity index (χ1v) is 6.80. The molecule has 1 saturated heterocycles. The molecule has 0 aromatic heterocycles. The van der Waals surface area contributed by atoms with Crippen molar-refractivity contribution in [1.82, 2.24) is 10.2 Å². The summed E-state index contributed by atoms with van der Waals surface area (Å²) in [4.78, 5) is 24.5. The molecule has 108 valence electrons. The van der Waals surface area contributed by atoms with Crippen LogP contribution in [0.5, 0.6) is 0 Å². The molecule has 1 fully saturated rings. The number of likely N-dealkylation sites (tertiary alicyclic amines) is 1. The van der Waals surface area contributed by atoms with Gasteiger partial charge in [-0.05, 0) is 38.4 Å². The summed E-state index contributed by atoms with van der Waals surface area (Å²) in [6.45, 7) is 2.32. The molecule has 0 bridgehead atoms. The first kappa shape index (κ1) is 14.5. The molecule has 1 unspecified atom stereocenters. The van der Waals surface area contributed by atoms with Gasteiger partial charge >= 0.3 is 0 Å². The Balaban J connectivity index is 2.10. The van der Waals surface area contributed by atoms with Gasteiger partial charge in [-0.2, -0.15) is 0 Å². The lowest BCUT2D eigenvalue weighted by atomic mass is 9.97. The normalized spacial score (nSPS) is 18.9. The zero-order chi connectivity index (χ0) is 14.5. The van der Waals surface area contributed by atoms with E-state index in [-0.39, 0.29) is 11.6 Å². The summed E-state index contributed by atoms with van der Waals surface area (Å²) >= 11 is 0. The lowest BCUT2D eigenvalue weighted by Gasteiger charge is -2.32. The van der Waals surface area contributed by atoms with Crippen molar-refractivity contribution in [2.24, 2.45) is 5.92 Å². The number of benzene rings is 1. The van der Waals surface area contributed by atoms with Crippen LogP contribution in [0.1, 0.15) is 23.2 Å². The Labute approximate surface area is 117 Å². The smallest absolute Gasteiger partial charge is 0.270 e. The second-order valence-corrected chi connectivity index (χ2v) is 5.12. The molecule has 1 aliphatic heterocycles. The van der Waals surface area contributed by atoms with Gasteiger partial charge in [-0.3, -0.25) is 14.9 Å². The number of non-ortho nitro benzene ring substituents is 1. The molecule has 1 aromatic rings. The fraction of sp³-hybridized carbons (Fsp3) is 0.500. The highest BCUT2D eigenvalue weighted by Crippen LogP contribution is 2.20. The third-order valence-electron chi connectivity index (χ3n) is 3.60. The van der Waals surface area contributed by atoms with Gasteiger partial charge in [0.15, 0.2) is 0 Å². The van der Waals surface area contributed by atoms with Crippen molar-refractivity contribution in [3.8, 4) is 0 Å². The Morgan fingerprint density at radius 3 is 3.05 bits per heavy atom. The maximum absolute atomic E-state index is 12.4. The summed E-state index contributed by atoms with van der Waals surface area (Å²) in [5.74, 6) is 0.339. The molecule has 20 heavy (non-hydrogen) atoms. The number of hydrogen-bond donors (Lipinski definition) is 1. The summed E-state index contributed by atoms with van der Waals surface area (Å²) in [5, 5.41) is 13.9. The quantitative estimate of drug-likeness (QED) is 0.671. The number of carbonyl (C=O) groups is 1. The van der Waals surface area contributed by atoms with Crippen molar-refractivity contribution in [3.63, 3.8) is 0 Å². The van der Waals surface area contributed by atoms with Crippen LogP contribution in [0.4, 0.5) is 5.69 Å². The molecule has 1 aliphatic rings. The van der Waals surface area contributed by atoms with E-state index < -0.39 is 4.92 Å². The average molecular weight is 277 g/mol. The molecule has 1 heterocycles. The molecule has 2 rings (SSSR count). The minimum absolute atomic E-state index is 0.0420. The predicted octanol–water partition coefficient (Wildman–Crippen LogP) is 1.67. The van der Waals surface area contributed by atoms with Crippen LogP contribution in [0.15, 0.2) is 24.3 Å². The van der Waals surface area contributed by atoms with E-state index in [1.807, 2.05) is 7.05 Å². The molecule has 6 heteroatoms. The van der Waals surface area contributed by atoms with E-state index >= 15 is 0 Å². The van der Waals surface area contributed by atoms with Gasteiger partial charge < -0.3 is 10.2 Å². The zero-order valence-electron chi connectivity index (χ0n) is 11.5. The van der Waals surface area contributed by atoms with E-state index in [1.54, 1.807) is 17.0 Å². The number of nitro benzene ring substituents is 1. The fourth-order valence-corrected chi connectivity index (χ4v) is 2.64. The molecule has 0 saturated carbocycles. The third kappa shape index (κ3) is 3.33. The number of nitrogens with one attached hydrogen (secondary N) is 1. The molecular formula is C14H19N3O3. The Kier molecular flexibility index (Phi) is 4.68. The maximum atomic E-state index is 12.4. The van der Waals surface area contributed by atoms with Crippen LogP contribution in [0.3, 0.4) is 0 Å². The number of carbonyl (C=O) groups excluding carboxylic acids is 1. The Morgan fingerprint density at radius 2 is 2.35 bits per heavy atom. The van der Waals surface area contributed by atoms with Crippen LogP contribution >= 0.6 is 0 Å². The van der Waals surface area contributed by atoms with Gasteiger partial charge in [0.05, 0.1) is 4.92 Å². The standard InChI is InChI=1S/C14H19N3O3/c1-15-9-11-4-3-7-16(10-11)14(18)12-5-2-6-13(8-12)17(19)20/h2,5-6,8,11,15H,3-4,7,9-10H2,1H3. The SMILES string of the molecule is CNCC1CCCN(C(=O)c2cccc([N+](=O)[O-])c2)C1. The number of piperidine rings is 1. The van der Waals surface area contributed by atoms with Crippen molar-refractivity contribution in [2.75, 3.05) is 26.7 Å². The van der Waals surface area contributed by atoms with Crippen LogP contribution in [0, 0.1) is 16.0 Å². The molecule has 1 atom stereocenters. The summed E-state index contributed by atoms with van der Waals surface area (Å²) in [7, 11) is 1.90. The Hall–Kier alpha value is -1.95. The molecule has 1 amide bonds. The maximum Gasteiger partial charge on any atom is 0.270 e. The van der Waals surface area contributed by atoms with Crippen molar-refractivity contribution in [3.05, 3.63) is 39.9 Å². The number of hydrogen-bond acceptors (Lipinski definition) is 4. The number of rotatable bonds is 4. The van der Waals surface area contributed by atoms with Crippen molar-refractivity contribution in [1.29, 1.82) is 0 Å². The Morgan fingerprint density at radius 1 is 1.55 bits per heavy atom. The third-order valence-corrected chi connectivity index (χ3v) is 3.60. The first-order chi connectivity index (χ1) is 9.61. The van der Waals surface area contributed by atoms with E-state index in [0.29, 0.717) is 18.0 Å². The predicted molar refractivity (Wildman–Crippen MR) is 75.7 cm³/mol. The van der Waals surface area contributed by atoms with E-state index in [1.165, 1.54) is 12.1 Å². The largest absolute Gasteiger partial charge is 0.338 e. The van der Waals surface area contributed by atoms with Crippen molar-refractivity contribution >= 4 is 11.6 Å². The Bertz CT molecular complexity index is 502. The summed E-state index contributed by atoms with van der Waals surface area (Å²) in [5.41, 5.74) is 0.351. The second-order valence-electron chi connectivity index (χ2n) is 5.12. The second kappa shape index (κ2) is 6.47. The molecule has 1 aromatic carbocycles. The lowest BCUT2D eigenvalue weighted by Crippen LogP contribution is -2.42. The number of nitrogens with zero attached hydrogens (tertiary/aromatic N) is 2. The molecule has 0 aliphatic carbocycles. The average Bonchev–Trinajstić information content (AvgIpc) is 2.47. The highest BCUT2D eigenvalue weighted by Gasteiger charge is 2.24. The molecule has 1 N–H and O–H groups in total. The number of nitro groups is 1. The topological polar surface area (TPSA) is 75.5 Å². The fourth-order valence-electron chi connectivity index (χ4n) is 2.64. The number of amides is 1. The summed E-state index contributed by atoms with van der Waals surface area (Å²) in [6, 6.07) is 5.94. The van der Waals surface area contributed by atoms with Crippen LogP contribution in [-0.4, -0.2) is 42.4 Å². The monoisotopic (exact) mass is 277 g/mol. The van der Waals surface area contributed by atoms with Crippen molar-refractivity contribution in [2.45, 2.75) is 12.8 Å². The highest BCUT2D eigenvalue weighted by atomic mass is 16.6. The zero-order valence-corrected chi connectivity index (χ0v) is 11.5. The summed E-state index contributed by atoms with van der Waals surface area (Å²) < 4.78 is 0. The van der Waals surface area contributed by atoms with Crippen LogP contribution in [0.25, 0.3) is 0 Å². The molecule has 0 radical (unpaired) electrons. The van der Waals surface area contributed by atoms with E-state index in [9.17, 15) is 14.9 Å². The summed E-state index contributed by atoms with van der Waals surface area (Å²) in [6.07, 6.45) is 2.09. The lowest BCUT2D eigenvalue weighted by molar-refractivity contribution is -0.384. The van der Waals surface area contributed by atoms with Gasteiger partial charge in [-0.15, -0.1) is 0 Å². The van der Waals surface area contributed by atoms with E-state index in [4.69, 9.17) is 0 Å². The minimum Gasteiger partial charge on any atom is -0.338 e.